The van der Waals surface area contributed by atoms with Crippen LogP contribution in [0.15, 0.2) is 47.3 Å². The molecule has 0 aliphatic heterocycles. The van der Waals surface area contributed by atoms with Crippen LogP contribution in [-0.4, -0.2) is 36.2 Å². The van der Waals surface area contributed by atoms with Crippen LogP contribution in [0.25, 0.3) is 11.0 Å². The first-order valence-electron chi connectivity index (χ1n) is 8.77. The van der Waals surface area contributed by atoms with E-state index in [-0.39, 0.29) is 18.0 Å². The van der Waals surface area contributed by atoms with E-state index >= 15 is 0 Å². The van der Waals surface area contributed by atoms with Crippen LogP contribution >= 0.6 is 0 Å². The number of amides is 1. The lowest BCUT2D eigenvalue weighted by Crippen LogP contribution is -2.27. The highest BCUT2D eigenvalue weighted by molar-refractivity contribution is 5.78. The number of aryl methyl sites for hydroxylation is 1. The van der Waals surface area contributed by atoms with Crippen molar-refractivity contribution in [3.63, 3.8) is 0 Å². The summed E-state index contributed by atoms with van der Waals surface area (Å²) in [6.07, 6.45) is 0.923. The van der Waals surface area contributed by atoms with E-state index in [0.717, 1.165) is 16.6 Å². The van der Waals surface area contributed by atoms with E-state index in [0.29, 0.717) is 31.0 Å². The van der Waals surface area contributed by atoms with Gasteiger partial charge in [-0.1, -0.05) is 18.2 Å². The lowest BCUT2D eigenvalue weighted by molar-refractivity contribution is -0.120. The molecule has 0 radical (unpaired) electrons. The van der Waals surface area contributed by atoms with E-state index in [4.69, 9.17) is 9.47 Å². The predicted molar refractivity (Wildman–Crippen MR) is 103 cm³/mol. The molecule has 7 heteroatoms. The third-order valence-corrected chi connectivity index (χ3v) is 4.37. The Bertz CT molecular complexity index is 990. The third-order valence-electron chi connectivity index (χ3n) is 4.37. The third kappa shape index (κ3) is 4.31. The smallest absolute Gasteiger partial charge is 0.326 e. The van der Waals surface area contributed by atoms with Crippen molar-refractivity contribution in [3.8, 4) is 11.5 Å². The topological polar surface area (TPSA) is 85.4 Å². The zero-order valence-corrected chi connectivity index (χ0v) is 15.5. The molecule has 2 N–H and O–H groups in total. The largest absolute Gasteiger partial charge is 0.493 e. The number of H-pyrrole nitrogens is 1. The summed E-state index contributed by atoms with van der Waals surface area (Å²) in [5.41, 5.74) is 2.41. The molecule has 0 aliphatic carbocycles. The first-order chi connectivity index (χ1) is 13.1. The number of rotatable bonds is 8. The summed E-state index contributed by atoms with van der Waals surface area (Å²) in [4.78, 5) is 27.0. The number of aromatic amines is 1. The molecule has 1 heterocycles. The average Bonchev–Trinajstić information content (AvgIpc) is 3.00. The minimum atomic E-state index is -0.132. The summed E-state index contributed by atoms with van der Waals surface area (Å²) < 4.78 is 12.1. The monoisotopic (exact) mass is 369 g/mol. The number of methoxy groups -OCH3 is 2. The van der Waals surface area contributed by atoms with Gasteiger partial charge in [-0.3, -0.25) is 9.36 Å². The second-order valence-electron chi connectivity index (χ2n) is 6.17. The molecular formula is C20H23N3O4. The van der Waals surface area contributed by atoms with Gasteiger partial charge >= 0.3 is 5.69 Å². The standard InChI is InChI=1S/C20H23N3O4/c1-26-17-9-8-14(12-18(17)27-2)13-19(24)21-10-5-11-23-16-7-4-3-6-15(16)22-20(23)25/h3-4,6-9,12H,5,10-11,13H2,1-2H3,(H,21,24)(H,22,25). The average molecular weight is 369 g/mol. The van der Waals surface area contributed by atoms with E-state index in [2.05, 4.69) is 10.3 Å². The van der Waals surface area contributed by atoms with Gasteiger partial charge in [-0.25, -0.2) is 4.79 Å². The van der Waals surface area contributed by atoms with Crippen molar-refractivity contribution in [2.75, 3.05) is 20.8 Å². The number of carbonyl (C=O) groups is 1. The molecule has 0 unspecified atom stereocenters. The maximum Gasteiger partial charge on any atom is 0.326 e. The van der Waals surface area contributed by atoms with Crippen LogP contribution in [0.4, 0.5) is 0 Å². The van der Waals surface area contributed by atoms with Gasteiger partial charge in [0.05, 0.1) is 31.7 Å². The number of benzene rings is 2. The molecule has 0 spiro atoms. The number of hydrogen-bond acceptors (Lipinski definition) is 4. The Hall–Kier alpha value is -3.22. The van der Waals surface area contributed by atoms with E-state index in [1.807, 2.05) is 30.3 Å². The normalized spacial score (nSPS) is 10.7. The fourth-order valence-electron chi connectivity index (χ4n) is 3.03. The highest BCUT2D eigenvalue weighted by Crippen LogP contribution is 2.27. The number of para-hydroxylation sites is 2. The van der Waals surface area contributed by atoms with Crippen LogP contribution in [-0.2, 0) is 17.8 Å². The van der Waals surface area contributed by atoms with Crippen molar-refractivity contribution in [2.24, 2.45) is 0 Å². The molecule has 0 saturated heterocycles. The SMILES string of the molecule is COc1ccc(CC(=O)NCCCn2c(=O)[nH]c3ccccc32)cc1OC. The van der Waals surface area contributed by atoms with Gasteiger partial charge in [0.2, 0.25) is 5.91 Å². The summed E-state index contributed by atoms with van der Waals surface area (Å²) in [6, 6.07) is 13.0. The second kappa shape index (κ2) is 8.44. The molecule has 1 aromatic heterocycles. The molecule has 0 saturated carbocycles. The zero-order chi connectivity index (χ0) is 19.2. The number of hydrogen-bond donors (Lipinski definition) is 2. The molecule has 0 bridgehead atoms. The first kappa shape index (κ1) is 18.6. The van der Waals surface area contributed by atoms with Gasteiger partial charge in [-0.15, -0.1) is 0 Å². The molecule has 1 amide bonds. The first-order valence-corrected chi connectivity index (χ1v) is 8.77. The van der Waals surface area contributed by atoms with Crippen LogP contribution in [0.3, 0.4) is 0 Å². The van der Waals surface area contributed by atoms with Gasteiger partial charge in [-0.05, 0) is 36.2 Å². The highest BCUT2D eigenvalue weighted by atomic mass is 16.5. The minimum absolute atomic E-state index is 0.0755. The fraction of sp³-hybridized carbons (Fsp3) is 0.300. The number of carbonyl (C=O) groups excluding carboxylic acids is 1. The molecular weight excluding hydrogens is 346 g/mol. The molecule has 2 aromatic carbocycles. The van der Waals surface area contributed by atoms with Gasteiger partial charge in [0.15, 0.2) is 11.5 Å². The molecule has 142 valence electrons. The van der Waals surface area contributed by atoms with Crippen LogP contribution in [0, 0.1) is 0 Å². The van der Waals surface area contributed by atoms with Crippen molar-refractivity contribution in [2.45, 2.75) is 19.4 Å². The maximum atomic E-state index is 12.1. The van der Waals surface area contributed by atoms with Gasteiger partial charge < -0.3 is 19.8 Å². The summed E-state index contributed by atoms with van der Waals surface area (Å²) in [6.45, 7) is 1.04. The number of aromatic nitrogens is 2. The number of nitrogens with one attached hydrogen (secondary N) is 2. The Kier molecular flexibility index (Phi) is 5.80. The van der Waals surface area contributed by atoms with Crippen molar-refractivity contribution in [1.29, 1.82) is 0 Å². The number of fused-ring (bicyclic) bond motifs is 1. The van der Waals surface area contributed by atoms with Gasteiger partial charge in [0, 0.05) is 13.1 Å². The van der Waals surface area contributed by atoms with E-state index in [9.17, 15) is 9.59 Å². The molecule has 27 heavy (non-hydrogen) atoms. The lowest BCUT2D eigenvalue weighted by Gasteiger charge is -2.10. The van der Waals surface area contributed by atoms with Gasteiger partial charge in [0.1, 0.15) is 0 Å². The summed E-state index contributed by atoms with van der Waals surface area (Å²) in [5, 5.41) is 2.89. The summed E-state index contributed by atoms with van der Waals surface area (Å²) in [7, 11) is 3.14. The number of ether oxygens (including phenoxy) is 2. The molecule has 7 nitrogen and oxygen atoms in total. The Balaban J connectivity index is 1.51. The van der Waals surface area contributed by atoms with Crippen LogP contribution in [0.2, 0.25) is 0 Å². The predicted octanol–water partition coefficient (Wildman–Crippen LogP) is 2.10. The van der Waals surface area contributed by atoms with Gasteiger partial charge in [0.25, 0.3) is 0 Å². The lowest BCUT2D eigenvalue weighted by atomic mass is 10.1. The van der Waals surface area contributed by atoms with Crippen molar-refractivity contribution in [3.05, 3.63) is 58.5 Å². The van der Waals surface area contributed by atoms with Crippen LogP contribution in [0.1, 0.15) is 12.0 Å². The van der Waals surface area contributed by atoms with Crippen molar-refractivity contribution in [1.82, 2.24) is 14.9 Å². The summed E-state index contributed by atoms with van der Waals surface area (Å²) in [5.74, 6) is 1.15. The zero-order valence-electron chi connectivity index (χ0n) is 15.5. The highest BCUT2D eigenvalue weighted by Gasteiger charge is 2.09. The Morgan fingerprint density at radius 2 is 1.89 bits per heavy atom. The Labute approximate surface area is 156 Å². The van der Waals surface area contributed by atoms with E-state index in [1.54, 1.807) is 30.9 Å². The molecule has 0 atom stereocenters. The van der Waals surface area contributed by atoms with E-state index in [1.165, 1.54) is 0 Å². The summed E-state index contributed by atoms with van der Waals surface area (Å²) >= 11 is 0. The molecule has 0 fully saturated rings. The van der Waals surface area contributed by atoms with Crippen molar-refractivity contribution >= 4 is 16.9 Å². The molecule has 3 aromatic rings. The van der Waals surface area contributed by atoms with Crippen LogP contribution < -0.4 is 20.5 Å². The Morgan fingerprint density at radius 3 is 2.67 bits per heavy atom. The maximum absolute atomic E-state index is 12.1. The van der Waals surface area contributed by atoms with Gasteiger partial charge in [-0.2, -0.15) is 0 Å². The van der Waals surface area contributed by atoms with Crippen molar-refractivity contribution < 1.29 is 14.3 Å². The number of nitrogens with zero attached hydrogens (tertiary/aromatic N) is 1. The number of imidazole rings is 1. The Morgan fingerprint density at radius 1 is 1.11 bits per heavy atom. The minimum Gasteiger partial charge on any atom is -0.493 e. The van der Waals surface area contributed by atoms with Crippen LogP contribution in [0.5, 0.6) is 11.5 Å². The fourth-order valence-corrected chi connectivity index (χ4v) is 3.03. The molecule has 0 aliphatic rings. The second-order valence-corrected chi connectivity index (χ2v) is 6.17. The molecule has 3 rings (SSSR count). The quantitative estimate of drug-likeness (QED) is 0.596. The van der Waals surface area contributed by atoms with E-state index < -0.39 is 0 Å².